The Bertz CT molecular complexity index is 8.00. The van der Waals surface area contributed by atoms with Gasteiger partial charge in [0.2, 0.25) is 0 Å². The average Bonchev–Trinajstić information content (AvgIpc) is 1.00. The van der Waals surface area contributed by atoms with Gasteiger partial charge in [0.25, 0.3) is 0 Å². The van der Waals surface area contributed by atoms with Gasteiger partial charge < -0.3 is 0 Å². The molecule has 0 aliphatic heterocycles. The van der Waals surface area contributed by atoms with E-state index >= 15 is 0 Å². The molecule has 0 aliphatic rings. The molecule has 0 heterocycles. The van der Waals surface area contributed by atoms with Crippen molar-refractivity contribution in [3.63, 3.8) is 0 Å². The van der Waals surface area contributed by atoms with Crippen LogP contribution in [0.1, 0.15) is 0 Å². The first-order chi connectivity index (χ1) is 1.00. The second kappa shape index (κ2) is 22.4. The average molecular weight is 345 g/mol. The molecule has 0 bridgehead atoms. The molecule has 0 N–H and O–H groups in total. The zero-order valence-electron chi connectivity index (χ0n) is 1.75. The molecule has 0 rings (SSSR count). The fraction of sp³-hybridized carbons (Fsp3) is 0. The fourth-order valence-electron chi connectivity index (χ4n) is 0. The minimum atomic E-state index is 0. The van der Waals surface area contributed by atoms with Gasteiger partial charge in [0, 0.05) is 41.5 Å². The predicted octanol–water partition coefficient (Wildman–Crippen LogP) is -0.772. The quantitative estimate of drug-likeness (QED) is 0.527. The molecule has 1 nitrogen and oxygen atoms in total. The zero-order valence-corrected chi connectivity index (χ0v) is 6.99. The van der Waals surface area contributed by atoms with Gasteiger partial charge >= 0.3 is 20.0 Å². The van der Waals surface area contributed by atoms with Gasteiger partial charge in [-0.15, -0.1) is 0 Å². The molecule has 0 atom stereocenters. The molecule has 30 valence electrons. The largest absolute Gasteiger partial charge is 0 e. The fourth-order valence-corrected chi connectivity index (χ4v) is 0. The third-order valence-corrected chi connectivity index (χ3v) is 0. The van der Waals surface area contributed by atoms with E-state index in [0.29, 0.717) is 16.2 Å². The molecule has 0 radical (unpaired) electrons. The summed E-state index contributed by atoms with van der Waals surface area (Å²) in [6.45, 7) is 0. The Morgan fingerprint density at radius 1 is 1.25 bits per heavy atom. The van der Waals surface area contributed by atoms with E-state index in [1.54, 1.807) is 0 Å². The summed E-state index contributed by atoms with van der Waals surface area (Å²) in [5.41, 5.74) is 0. The molecular formula is HAlOPdPt. The molecule has 4 heteroatoms. The van der Waals surface area contributed by atoms with Crippen LogP contribution in [0.5, 0.6) is 0 Å². The molecule has 0 spiro atoms. The molecule has 0 amide bonds. The summed E-state index contributed by atoms with van der Waals surface area (Å²) < 4.78 is 8.28. The van der Waals surface area contributed by atoms with Crippen molar-refractivity contribution < 1.29 is 45.3 Å². The van der Waals surface area contributed by atoms with Crippen LogP contribution in [0.15, 0.2) is 0 Å². The van der Waals surface area contributed by atoms with Crippen LogP contribution in [0.25, 0.3) is 0 Å². The first-order valence-electron chi connectivity index (χ1n) is 0.289. The van der Waals surface area contributed by atoms with Gasteiger partial charge in [-0.3, -0.25) is 0 Å². The van der Waals surface area contributed by atoms with Crippen molar-refractivity contribution >= 4 is 16.2 Å². The van der Waals surface area contributed by atoms with Crippen LogP contribution in [-0.4, -0.2) is 16.2 Å². The maximum Gasteiger partial charge on any atom is 0 e. The predicted molar refractivity (Wildman–Crippen MR) is 7.84 cm³/mol. The van der Waals surface area contributed by atoms with Crippen LogP contribution >= 0.6 is 0 Å². The Morgan fingerprint density at radius 3 is 1.25 bits per heavy atom. The van der Waals surface area contributed by atoms with Crippen LogP contribution in [0, 0.1) is 0 Å². The van der Waals surface area contributed by atoms with Gasteiger partial charge in [-0.25, -0.2) is 0 Å². The topological polar surface area (TPSA) is 17.1 Å². The molecule has 0 saturated carbocycles. The van der Waals surface area contributed by atoms with E-state index < -0.39 is 0 Å². The van der Waals surface area contributed by atoms with Crippen molar-refractivity contribution in [1.29, 1.82) is 0 Å². The summed E-state index contributed by atoms with van der Waals surface area (Å²) in [5, 5.41) is 0. The molecule has 0 fully saturated rings. The van der Waals surface area contributed by atoms with Crippen LogP contribution in [-0.2, 0) is 45.3 Å². The van der Waals surface area contributed by atoms with Gasteiger partial charge in [0.15, 0.2) is 0 Å². The second-order valence-corrected chi connectivity index (χ2v) is 0. The third kappa shape index (κ3) is 9.36. The maximum absolute atomic E-state index is 8.28. The van der Waals surface area contributed by atoms with Crippen LogP contribution in [0.2, 0.25) is 0 Å². The van der Waals surface area contributed by atoms with E-state index in [2.05, 4.69) is 0 Å². The first-order valence-corrected chi connectivity index (χ1v) is 0.866. The van der Waals surface area contributed by atoms with Crippen molar-refractivity contribution in [3.05, 3.63) is 0 Å². The zero-order chi connectivity index (χ0) is 2.00. The Kier molecular flexibility index (Phi) is 97.1. The summed E-state index contributed by atoms with van der Waals surface area (Å²) in [7, 11) is 0. The van der Waals surface area contributed by atoms with Crippen LogP contribution in [0.4, 0.5) is 0 Å². The van der Waals surface area contributed by atoms with Crippen LogP contribution in [0.3, 0.4) is 0 Å². The summed E-state index contributed by atoms with van der Waals surface area (Å²) in [6, 6.07) is 0. The first kappa shape index (κ1) is 17.3. The summed E-state index contributed by atoms with van der Waals surface area (Å²) in [6.07, 6.45) is 0. The smallest absolute Gasteiger partial charge is 0 e. The van der Waals surface area contributed by atoms with Gasteiger partial charge in [0.1, 0.15) is 0 Å². The van der Waals surface area contributed by atoms with Crippen molar-refractivity contribution in [2.75, 3.05) is 0 Å². The Labute approximate surface area is 61.1 Å². The van der Waals surface area contributed by atoms with Crippen molar-refractivity contribution in [3.8, 4) is 0 Å². The van der Waals surface area contributed by atoms with Crippen molar-refractivity contribution in [2.45, 2.75) is 0 Å². The van der Waals surface area contributed by atoms with E-state index in [0.717, 1.165) is 0 Å². The van der Waals surface area contributed by atoms with E-state index in [9.17, 15) is 0 Å². The Balaban J connectivity index is -0.00000000500. The molecular weight excluding hydrogens is 344 g/mol. The van der Waals surface area contributed by atoms with E-state index in [1.807, 2.05) is 0 Å². The van der Waals surface area contributed by atoms with Gasteiger partial charge in [-0.2, -0.15) is 0 Å². The van der Waals surface area contributed by atoms with Gasteiger partial charge in [-0.1, -0.05) is 0 Å². The second-order valence-electron chi connectivity index (χ2n) is 0. The van der Waals surface area contributed by atoms with Crippen LogP contribution < -0.4 is 0 Å². The molecule has 0 aromatic carbocycles. The SMILES string of the molecule is [O]=[AlH].[Pd].[Pt]. The molecule has 0 aromatic rings. The number of hydrogen-bond acceptors (Lipinski definition) is 1. The Hall–Kier alpha value is 1.68. The van der Waals surface area contributed by atoms with Crippen molar-refractivity contribution in [1.82, 2.24) is 0 Å². The molecule has 0 aliphatic carbocycles. The summed E-state index contributed by atoms with van der Waals surface area (Å²) in [4.78, 5) is 0. The van der Waals surface area contributed by atoms with E-state index in [4.69, 9.17) is 3.80 Å². The number of hydrogen-bond donors (Lipinski definition) is 0. The monoisotopic (exact) mass is 345 g/mol. The molecule has 0 unspecified atom stereocenters. The summed E-state index contributed by atoms with van der Waals surface area (Å²) >= 11 is 0.611. The molecule has 0 aromatic heterocycles. The van der Waals surface area contributed by atoms with Crippen molar-refractivity contribution in [2.24, 2.45) is 0 Å². The Morgan fingerprint density at radius 2 is 1.25 bits per heavy atom. The van der Waals surface area contributed by atoms with E-state index in [-0.39, 0.29) is 41.5 Å². The normalized spacial score (nSPS) is 0.750. The molecule has 0 saturated heterocycles. The third-order valence-electron chi connectivity index (χ3n) is 0. The maximum atomic E-state index is 8.28. The van der Waals surface area contributed by atoms with E-state index in [1.165, 1.54) is 0 Å². The summed E-state index contributed by atoms with van der Waals surface area (Å²) in [5.74, 6) is 0. The number of rotatable bonds is 0. The van der Waals surface area contributed by atoms with Gasteiger partial charge in [0.05, 0.1) is 0 Å². The molecule has 4 heavy (non-hydrogen) atoms. The standard InChI is InChI=1S/Al.O.Pd.Pt.H. The van der Waals surface area contributed by atoms with Gasteiger partial charge in [-0.05, 0) is 0 Å². The minimum Gasteiger partial charge on any atom is 0 e. The minimum absolute atomic E-state index is 0.